The monoisotopic (exact) mass is 363 g/mol. The fourth-order valence-electron chi connectivity index (χ4n) is 2.96. The summed E-state index contributed by atoms with van der Waals surface area (Å²) in [5.41, 5.74) is 1.00. The second-order valence-electron chi connectivity index (χ2n) is 6.13. The van der Waals surface area contributed by atoms with Crippen LogP contribution in [0.15, 0.2) is 54.6 Å². The minimum atomic E-state index is -0.796. The third-order valence-corrected chi connectivity index (χ3v) is 4.36. The van der Waals surface area contributed by atoms with Crippen LogP contribution in [0.5, 0.6) is 17.2 Å². The molecule has 1 aliphatic rings. The van der Waals surface area contributed by atoms with E-state index in [2.05, 4.69) is 5.32 Å². The van der Waals surface area contributed by atoms with Crippen LogP contribution in [0.25, 0.3) is 10.8 Å². The Kier molecular flexibility index (Phi) is 4.38. The van der Waals surface area contributed by atoms with Crippen LogP contribution in [0.1, 0.15) is 17.3 Å². The Morgan fingerprint density at radius 3 is 2.78 bits per heavy atom. The molecule has 0 unspecified atom stereocenters. The van der Waals surface area contributed by atoms with E-state index in [1.807, 2.05) is 30.3 Å². The summed E-state index contributed by atoms with van der Waals surface area (Å²) in [6.07, 6.45) is -0.0459. The second-order valence-corrected chi connectivity index (χ2v) is 6.13. The Morgan fingerprint density at radius 1 is 1.11 bits per heavy atom. The molecule has 136 valence electrons. The maximum absolute atomic E-state index is 12.5. The van der Waals surface area contributed by atoms with Gasteiger partial charge in [0.2, 0.25) is 6.79 Å². The highest BCUT2D eigenvalue weighted by Crippen LogP contribution is 2.34. The van der Waals surface area contributed by atoms with Gasteiger partial charge in [-0.05, 0) is 35.9 Å². The lowest BCUT2D eigenvalue weighted by Crippen LogP contribution is -2.30. The van der Waals surface area contributed by atoms with Crippen LogP contribution in [0, 0.1) is 0 Å². The highest BCUT2D eigenvalue weighted by Gasteiger charge is 2.19. The van der Waals surface area contributed by atoms with E-state index in [9.17, 15) is 9.59 Å². The molecule has 0 aromatic heterocycles. The molecular formula is C21H17NO5. The molecule has 0 fully saturated rings. The maximum Gasteiger partial charge on any atom is 0.265 e. The van der Waals surface area contributed by atoms with Crippen molar-refractivity contribution < 1.29 is 23.8 Å². The number of benzene rings is 3. The van der Waals surface area contributed by atoms with Gasteiger partial charge < -0.3 is 19.5 Å². The Morgan fingerprint density at radius 2 is 1.93 bits per heavy atom. The van der Waals surface area contributed by atoms with Gasteiger partial charge in [0.15, 0.2) is 23.9 Å². The van der Waals surface area contributed by atoms with E-state index < -0.39 is 6.10 Å². The number of anilines is 1. The maximum atomic E-state index is 12.5. The summed E-state index contributed by atoms with van der Waals surface area (Å²) in [5.74, 6) is 1.26. The van der Waals surface area contributed by atoms with Crippen LogP contribution in [-0.4, -0.2) is 25.1 Å². The van der Waals surface area contributed by atoms with Crippen molar-refractivity contribution in [2.24, 2.45) is 0 Å². The Balaban J connectivity index is 1.51. The molecule has 0 saturated carbocycles. The summed E-state index contributed by atoms with van der Waals surface area (Å²) >= 11 is 0. The van der Waals surface area contributed by atoms with Gasteiger partial charge >= 0.3 is 0 Å². The van der Waals surface area contributed by atoms with E-state index >= 15 is 0 Å². The zero-order valence-electron chi connectivity index (χ0n) is 14.6. The summed E-state index contributed by atoms with van der Waals surface area (Å²) in [7, 11) is 0. The molecule has 4 rings (SSSR count). The smallest absolute Gasteiger partial charge is 0.265 e. The number of amides is 1. The lowest BCUT2D eigenvalue weighted by molar-refractivity contribution is -0.122. The summed E-state index contributed by atoms with van der Waals surface area (Å²) < 4.78 is 16.3. The number of ether oxygens (including phenoxy) is 3. The predicted molar refractivity (Wildman–Crippen MR) is 101 cm³/mol. The highest BCUT2D eigenvalue weighted by molar-refractivity contribution is 6.01. The molecule has 0 saturated heterocycles. The number of nitrogens with one attached hydrogen (secondary N) is 1. The van der Waals surface area contributed by atoms with Crippen molar-refractivity contribution in [2.45, 2.75) is 13.0 Å². The first kappa shape index (κ1) is 16.9. The number of carbonyl (C=O) groups excluding carboxylic acids is 2. The average molecular weight is 363 g/mol. The Labute approximate surface area is 155 Å². The average Bonchev–Trinajstić information content (AvgIpc) is 3.15. The molecule has 0 aliphatic carbocycles. The van der Waals surface area contributed by atoms with Gasteiger partial charge in [0, 0.05) is 11.8 Å². The molecule has 1 atom stereocenters. The van der Waals surface area contributed by atoms with Crippen LogP contribution in [-0.2, 0) is 4.79 Å². The molecule has 1 aliphatic heterocycles. The standard InChI is InChI=1S/C21H17NO5/c1-13(21(24)22-15-7-9-19-20(10-15)26-12-25-19)27-18-8-6-14-4-2-3-5-16(14)17(18)11-23/h2-11,13H,12H2,1H3,(H,22,24)/t13-/m1/s1. The quantitative estimate of drug-likeness (QED) is 0.698. The van der Waals surface area contributed by atoms with Crippen molar-refractivity contribution in [1.82, 2.24) is 0 Å². The number of hydrogen-bond donors (Lipinski definition) is 1. The molecule has 3 aromatic rings. The third-order valence-electron chi connectivity index (χ3n) is 4.36. The second kappa shape index (κ2) is 6.99. The molecule has 3 aromatic carbocycles. The number of fused-ring (bicyclic) bond motifs is 2. The summed E-state index contributed by atoms with van der Waals surface area (Å²) in [6, 6.07) is 16.2. The zero-order chi connectivity index (χ0) is 18.8. The van der Waals surface area contributed by atoms with Crippen LogP contribution in [0.4, 0.5) is 5.69 Å². The van der Waals surface area contributed by atoms with E-state index in [-0.39, 0.29) is 12.7 Å². The third kappa shape index (κ3) is 3.29. The van der Waals surface area contributed by atoms with Crippen molar-refractivity contribution in [3.63, 3.8) is 0 Å². The van der Waals surface area contributed by atoms with Gasteiger partial charge in [-0.15, -0.1) is 0 Å². The zero-order valence-corrected chi connectivity index (χ0v) is 14.6. The van der Waals surface area contributed by atoms with Gasteiger partial charge in [-0.2, -0.15) is 0 Å². The molecule has 1 amide bonds. The number of carbonyl (C=O) groups is 2. The van der Waals surface area contributed by atoms with Crippen molar-refractivity contribution in [1.29, 1.82) is 0 Å². The predicted octanol–water partition coefficient (Wildman–Crippen LogP) is 3.79. The topological polar surface area (TPSA) is 73.9 Å². The summed E-state index contributed by atoms with van der Waals surface area (Å²) in [4.78, 5) is 24.1. The first-order valence-electron chi connectivity index (χ1n) is 8.50. The largest absolute Gasteiger partial charge is 0.480 e. The van der Waals surface area contributed by atoms with Crippen molar-refractivity contribution >= 4 is 28.7 Å². The summed E-state index contributed by atoms with van der Waals surface area (Å²) in [6.45, 7) is 1.80. The van der Waals surface area contributed by atoms with Crippen molar-refractivity contribution in [2.75, 3.05) is 12.1 Å². The molecule has 0 spiro atoms. The van der Waals surface area contributed by atoms with Gasteiger partial charge in [-0.25, -0.2) is 0 Å². The fraction of sp³-hybridized carbons (Fsp3) is 0.143. The summed E-state index contributed by atoms with van der Waals surface area (Å²) in [5, 5.41) is 4.50. The van der Waals surface area contributed by atoms with Gasteiger partial charge in [0.1, 0.15) is 5.75 Å². The molecule has 1 N–H and O–H groups in total. The number of hydrogen-bond acceptors (Lipinski definition) is 5. The van der Waals surface area contributed by atoms with E-state index in [0.717, 1.165) is 17.1 Å². The van der Waals surface area contributed by atoms with Crippen LogP contribution in [0.3, 0.4) is 0 Å². The Hall–Kier alpha value is -3.54. The molecule has 6 heteroatoms. The van der Waals surface area contributed by atoms with E-state index in [0.29, 0.717) is 28.5 Å². The van der Waals surface area contributed by atoms with E-state index in [1.165, 1.54) is 0 Å². The first-order chi connectivity index (χ1) is 13.2. The van der Waals surface area contributed by atoms with Crippen molar-refractivity contribution in [3.8, 4) is 17.2 Å². The number of rotatable bonds is 5. The van der Waals surface area contributed by atoms with E-state index in [4.69, 9.17) is 14.2 Å². The van der Waals surface area contributed by atoms with Gasteiger partial charge in [-0.3, -0.25) is 9.59 Å². The molecule has 0 bridgehead atoms. The first-order valence-corrected chi connectivity index (χ1v) is 8.50. The molecule has 27 heavy (non-hydrogen) atoms. The lowest BCUT2D eigenvalue weighted by atomic mass is 10.0. The van der Waals surface area contributed by atoms with Gasteiger partial charge in [-0.1, -0.05) is 30.3 Å². The molecule has 0 radical (unpaired) electrons. The number of aldehydes is 1. The van der Waals surface area contributed by atoms with Crippen molar-refractivity contribution in [3.05, 3.63) is 60.2 Å². The highest BCUT2D eigenvalue weighted by atomic mass is 16.7. The normalized spacial score (nSPS) is 13.2. The Bertz CT molecular complexity index is 1030. The van der Waals surface area contributed by atoms with Crippen LogP contribution in [0.2, 0.25) is 0 Å². The van der Waals surface area contributed by atoms with E-state index in [1.54, 1.807) is 31.2 Å². The molecular weight excluding hydrogens is 346 g/mol. The molecule has 6 nitrogen and oxygen atoms in total. The minimum Gasteiger partial charge on any atom is -0.480 e. The lowest BCUT2D eigenvalue weighted by Gasteiger charge is -2.17. The van der Waals surface area contributed by atoms with Gasteiger partial charge in [0.05, 0.1) is 5.56 Å². The van der Waals surface area contributed by atoms with Gasteiger partial charge in [0.25, 0.3) is 5.91 Å². The minimum absolute atomic E-state index is 0.169. The fourth-order valence-corrected chi connectivity index (χ4v) is 2.96. The van der Waals surface area contributed by atoms with Crippen LogP contribution >= 0.6 is 0 Å². The molecule has 1 heterocycles. The van der Waals surface area contributed by atoms with Crippen LogP contribution < -0.4 is 19.5 Å². The SMILES string of the molecule is C[C@@H](Oc1ccc2ccccc2c1C=O)C(=O)Nc1ccc2c(c1)OCO2.